The fraction of sp³-hybridized carbons (Fsp3) is 0.111. The predicted molar refractivity (Wildman–Crippen MR) is 88.8 cm³/mol. The Morgan fingerprint density at radius 2 is 1.85 bits per heavy atom. The van der Waals surface area contributed by atoms with E-state index >= 15 is 0 Å². The van der Waals surface area contributed by atoms with Crippen LogP contribution in [-0.4, -0.2) is 27.4 Å². The molecule has 0 atom stereocenters. The maximum Gasteiger partial charge on any atom is 0.247 e. The summed E-state index contributed by atoms with van der Waals surface area (Å²) in [6, 6.07) is 13.2. The van der Waals surface area contributed by atoms with Crippen molar-refractivity contribution in [1.29, 1.82) is 0 Å². The van der Waals surface area contributed by atoms with Gasteiger partial charge >= 0.3 is 0 Å². The second-order valence-electron chi connectivity index (χ2n) is 5.43. The standard InChI is InChI=1S/C18H13FN4O3/c1-24-14-7-5-11(6-8-14)18-22-21-16(25-18)10-15-20-17(23-26-15)12-3-2-4-13(19)9-12/h2-9H,10H2,1H3. The molecule has 2 heterocycles. The van der Waals surface area contributed by atoms with Crippen molar-refractivity contribution in [3.05, 3.63) is 66.1 Å². The molecule has 0 unspecified atom stereocenters. The van der Waals surface area contributed by atoms with Gasteiger partial charge in [-0.1, -0.05) is 17.3 Å². The van der Waals surface area contributed by atoms with Crippen LogP contribution in [0.2, 0.25) is 0 Å². The van der Waals surface area contributed by atoms with E-state index in [4.69, 9.17) is 13.7 Å². The van der Waals surface area contributed by atoms with E-state index in [1.165, 1.54) is 12.1 Å². The van der Waals surface area contributed by atoms with Gasteiger partial charge in [-0.25, -0.2) is 4.39 Å². The molecule has 0 N–H and O–H groups in total. The topological polar surface area (TPSA) is 87.1 Å². The minimum Gasteiger partial charge on any atom is -0.497 e. The van der Waals surface area contributed by atoms with Crippen LogP contribution in [0.4, 0.5) is 4.39 Å². The van der Waals surface area contributed by atoms with Crippen LogP contribution in [0.1, 0.15) is 11.8 Å². The molecule has 4 aromatic rings. The summed E-state index contributed by atoms with van der Waals surface area (Å²) in [5, 5.41) is 11.9. The van der Waals surface area contributed by atoms with E-state index in [-0.39, 0.29) is 12.2 Å². The molecule has 2 aromatic heterocycles. The minimum absolute atomic E-state index is 0.186. The predicted octanol–water partition coefficient (Wildman–Crippen LogP) is 3.53. The van der Waals surface area contributed by atoms with Gasteiger partial charge in [-0.15, -0.1) is 10.2 Å². The quantitative estimate of drug-likeness (QED) is 0.543. The molecule has 4 rings (SSSR count). The van der Waals surface area contributed by atoms with Crippen molar-refractivity contribution >= 4 is 0 Å². The normalized spacial score (nSPS) is 10.8. The highest BCUT2D eigenvalue weighted by molar-refractivity contribution is 5.54. The van der Waals surface area contributed by atoms with E-state index in [1.54, 1.807) is 19.2 Å². The number of halogens is 1. The molecule has 26 heavy (non-hydrogen) atoms. The highest BCUT2D eigenvalue weighted by Gasteiger charge is 2.14. The molecular weight excluding hydrogens is 339 g/mol. The summed E-state index contributed by atoms with van der Waals surface area (Å²) >= 11 is 0. The van der Waals surface area contributed by atoms with Crippen molar-refractivity contribution in [2.75, 3.05) is 7.11 Å². The van der Waals surface area contributed by atoms with Gasteiger partial charge in [0.2, 0.25) is 23.5 Å². The maximum absolute atomic E-state index is 13.3. The zero-order valence-electron chi connectivity index (χ0n) is 13.7. The molecule has 0 fully saturated rings. The van der Waals surface area contributed by atoms with Gasteiger partial charge in [-0.05, 0) is 36.4 Å². The lowest BCUT2D eigenvalue weighted by molar-refractivity contribution is 0.374. The molecule has 0 bridgehead atoms. The molecule has 0 aliphatic carbocycles. The van der Waals surface area contributed by atoms with Crippen molar-refractivity contribution in [3.63, 3.8) is 0 Å². The van der Waals surface area contributed by atoms with Crippen molar-refractivity contribution in [2.24, 2.45) is 0 Å². The first-order chi connectivity index (χ1) is 12.7. The van der Waals surface area contributed by atoms with E-state index in [0.29, 0.717) is 29.1 Å². The van der Waals surface area contributed by atoms with E-state index in [2.05, 4.69) is 20.3 Å². The van der Waals surface area contributed by atoms with Crippen LogP contribution >= 0.6 is 0 Å². The average Bonchev–Trinajstić information content (AvgIpc) is 3.32. The largest absolute Gasteiger partial charge is 0.497 e. The van der Waals surface area contributed by atoms with Crippen LogP contribution in [0.15, 0.2) is 57.5 Å². The van der Waals surface area contributed by atoms with Crippen LogP contribution < -0.4 is 4.74 Å². The van der Waals surface area contributed by atoms with Gasteiger partial charge in [0.1, 0.15) is 18.0 Å². The monoisotopic (exact) mass is 352 g/mol. The lowest BCUT2D eigenvalue weighted by Gasteiger charge is -1.99. The first-order valence-corrected chi connectivity index (χ1v) is 7.76. The van der Waals surface area contributed by atoms with Gasteiger partial charge in [0.15, 0.2) is 0 Å². The first kappa shape index (κ1) is 15.9. The third-order valence-electron chi connectivity index (χ3n) is 3.66. The average molecular weight is 352 g/mol. The number of methoxy groups -OCH3 is 1. The van der Waals surface area contributed by atoms with Crippen molar-refractivity contribution < 1.29 is 18.1 Å². The zero-order chi connectivity index (χ0) is 17.9. The fourth-order valence-electron chi connectivity index (χ4n) is 2.38. The molecule has 0 aliphatic rings. The summed E-state index contributed by atoms with van der Waals surface area (Å²) in [6.45, 7) is 0. The molecule has 8 heteroatoms. The number of ether oxygens (including phenoxy) is 1. The Bertz CT molecular complexity index is 1030. The molecule has 7 nitrogen and oxygen atoms in total. The van der Waals surface area contributed by atoms with Crippen LogP contribution in [0.25, 0.3) is 22.8 Å². The Morgan fingerprint density at radius 1 is 1.00 bits per heavy atom. The molecule has 0 amide bonds. The van der Waals surface area contributed by atoms with Crippen LogP contribution in [0.3, 0.4) is 0 Å². The van der Waals surface area contributed by atoms with Crippen molar-refractivity contribution in [3.8, 4) is 28.6 Å². The summed E-state index contributed by atoms with van der Waals surface area (Å²) in [5.41, 5.74) is 1.31. The lowest BCUT2D eigenvalue weighted by Crippen LogP contribution is -1.89. The third-order valence-corrected chi connectivity index (χ3v) is 3.66. The van der Waals surface area contributed by atoms with E-state index in [9.17, 15) is 4.39 Å². The highest BCUT2D eigenvalue weighted by Crippen LogP contribution is 2.22. The molecule has 0 spiro atoms. The molecule has 2 aromatic carbocycles. The van der Waals surface area contributed by atoms with Crippen LogP contribution in [0.5, 0.6) is 5.75 Å². The maximum atomic E-state index is 13.3. The van der Waals surface area contributed by atoms with E-state index in [1.807, 2.05) is 24.3 Å². The Morgan fingerprint density at radius 3 is 2.62 bits per heavy atom. The molecular formula is C18H13FN4O3. The smallest absolute Gasteiger partial charge is 0.247 e. The number of aromatic nitrogens is 4. The van der Waals surface area contributed by atoms with Crippen molar-refractivity contribution in [1.82, 2.24) is 20.3 Å². The van der Waals surface area contributed by atoms with Gasteiger partial charge in [-0.2, -0.15) is 4.98 Å². The van der Waals surface area contributed by atoms with Crippen LogP contribution in [0, 0.1) is 5.82 Å². The number of benzene rings is 2. The molecule has 0 aliphatic heterocycles. The number of nitrogens with zero attached hydrogens (tertiary/aromatic N) is 4. The van der Waals surface area contributed by atoms with Gasteiger partial charge in [0.25, 0.3) is 0 Å². The summed E-state index contributed by atoms with van der Waals surface area (Å²) in [7, 11) is 1.60. The second kappa shape index (κ2) is 6.75. The van der Waals surface area contributed by atoms with E-state index in [0.717, 1.165) is 11.3 Å². The van der Waals surface area contributed by atoms with Crippen LogP contribution in [-0.2, 0) is 6.42 Å². The number of hydrogen-bond donors (Lipinski definition) is 0. The summed E-state index contributed by atoms with van der Waals surface area (Å²) in [6.07, 6.45) is 0.186. The van der Waals surface area contributed by atoms with Crippen molar-refractivity contribution in [2.45, 2.75) is 6.42 Å². The summed E-state index contributed by atoms with van der Waals surface area (Å²) in [4.78, 5) is 4.23. The van der Waals surface area contributed by atoms with Gasteiger partial charge in [-0.3, -0.25) is 0 Å². The highest BCUT2D eigenvalue weighted by atomic mass is 19.1. The second-order valence-corrected chi connectivity index (χ2v) is 5.43. The fourth-order valence-corrected chi connectivity index (χ4v) is 2.38. The van der Waals surface area contributed by atoms with E-state index < -0.39 is 0 Å². The Hall–Kier alpha value is -3.55. The van der Waals surface area contributed by atoms with Gasteiger partial charge in [0, 0.05) is 11.1 Å². The summed E-state index contributed by atoms with van der Waals surface area (Å²) in [5.74, 6) is 1.69. The van der Waals surface area contributed by atoms with Gasteiger partial charge < -0.3 is 13.7 Å². The molecule has 0 saturated carbocycles. The molecule has 0 saturated heterocycles. The molecule has 0 radical (unpaired) electrons. The Kier molecular flexibility index (Phi) is 4.14. The first-order valence-electron chi connectivity index (χ1n) is 7.76. The summed E-state index contributed by atoms with van der Waals surface area (Å²) < 4.78 is 29.2. The minimum atomic E-state index is -0.366. The molecule has 130 valence electrons. The lowest BCUT2D eigenvalue weighted by atomic mass is 10.2. The Balaban J connectivity index is 1.51. The zero-order valence-corrected chi connectivity index (χ0v) is 13.7. The Labute approximate surface area is 147 Å². The van der Waals surface area contributed by atoms with Gasteiger partial charge in [0.05, 0.1) is 7.11 Å². The third kappa shape index (κ3) is 3.30. The number of rotatable bonds is 5. The SMILES string of the molecule is COc1ccc(-c2nnc(Cc3nc(-c4cccc(F)c4)no3)o2)cc1. The number of hydrogen-bond acceptors (Lipinski definition) is 7.